The SMILES string of the molecule is COc1ccccc1C1(C)CC1NC1=NCCN1C. The van der Waals surface area contributed by atoms with Crippen molar-refractivity contribution in [2.75, 3.05) is 27.2 Å². The minimum Gasteiger partial charge on any atom is -0.496 e. The monoisotopic (exact) mass is 259 g/mol. The lowest BCUT2D eigenvalue weighted by Gasteiger charge is -2.19. The summed E-state index contributed by atoms with van der Waals surface area (Å²) in [6.07, 6.45) is 1.13. The highest BCUT2D eigenvalue weighted by atomic mass is 16.5. The van der Waals surface area contributed by atoms with Crippen LogP contribution in [0.4, 0.5) is 0 Å². The Hall–Kier alpha value is -1.71. The van der Waals surface area contributed by atoms with Gasteiger partial charge < -0.3 is 15.0 Å². The number of para-hydroxylation sites is 1. The van der Waals surface area contributed by atoms with Gasteiger partial charge in [0.25, 0.3) is 0 Å². The number of methoxy groups -OCH3 is 1. The average molecular weight is 259 g/mol. The molecule has 1 aliphatic carbocycles. The van der Waals surface area contributed by atoms with Gasteiger partial charge in [-0.05, 0) is 12.5 Å². The first-order valence-corrected chi connectivity index (χ1v) is 6.81. The molecule has 1 saturated carbocycles. The zero-order valence-corrected chi connectivity index (χ0v) is 11.8. The van der Waals surface area contributed by atoms with E-state index in [2.05, 4.69) is 41.3 Å². The van der Waals surface area contributed by atoms with Crippen LogP contribution in [0.2, 0.25) is 0 Å². The first-order valence-electron chi connectivity index (χ1n) is 6.81. The highest BCUT2D eigenvalue weighted by Crippen LogP contribution is 2.51. The summed E-state index contributed by atoms with van der Waals surface area (Å²) in [7, 11) is 3.82. The van der Waals surface area contributed by atoms with Gasteiger partial charge in [0, 0.05) is 30.6 Å². The molecule has 2 aliphatic rings. The van der Waals surface area contributed by atoms with Gasteiger partial charge in [-0.15, -0.1) is 0 Å². The number of rotatable bonds is 3. The van der Waals surface area contributed by atoms with Crippen LogP contribution in [-0.4, -0.2) is 44.1 Å². The maximum Gasteiger partial charge on any atom is 0.194 e. The third-order valence-corrected chi connectivity index (χ3v) is 4.32. The smallest absolute Gasteiger partial charge is 0.194 e. The quantitative estimate of drug-likeness (QED) is 0.896. The number of likely N-dealkylation sites (N-methyl/N-ethyl adjacent to an activating group) is 1. The van der Waals surface area contributed by atoms with Gasteiger partial charge in [0.1, 0.15) is 5.75 Å². The zero-order valence-electron chi connectivity index (χ0n) is 11.8. The Balaban J connectivity index is 1.76. The molecular weight excluding hydrogens is 238 g/mol. The van der Waals surface area contributed by atoms with Crippen molar-refractivity contribution in [3.63, 3.8) is 0 Å². The van der Waals surface area contributed by atoms with Crippen LogP contribution in [0.3, 0.4) is 0 Å². The molecule has 2 unspecified atom stereocenters. The van der Waals surface area contributed by atoms with Crippen molar-refractivity contribution >= 4 is 5.96 Å². The molecule has 2 atom stereocenters. The lowest BCUT2D eigenvalue weighted by Crippen LogP contribution is -2.39. The Kier molecular flexibility index (Phi) is 2.88. The Labute approximate surface area is 114 Å². The summed E-state index contributed by atoms with van der Waals surface area (Å²) >= 11 is 0. The highest BCUT2D eigenvalue weighted by molar-refractivity contribution is 5.82. The second-order valence-electron chi connectivity index (χ2n) is 5.65. The first kappa shape index (κ1) is 12.3. The van der Waals surface area contributed by atoms with Gasteiger partial charge in [0.05, 0.1) is 13.7 Å². The summed E-state index contributed by atoms with van der Waals surface area (Å²) in [5.41, 5.74) is 1.44. The number of nitrogens with one attached hydrogen (secondary N) is 1. The maximum absolute atomic E-state index is 5.48. The van der Waals surface area contributed by atoms with Crippen molar-refractivity contribution in [1.82, 2.24) is 10.2 Å². The topological polar surface area (TPSA) is 36.9 Å². The van der Waals surface area contributed by atoms with Crippen LogP contribution < -0.4 is 10.1 Å². The van der Waals surface area contributed by atoms with Gasteiger partial charge in [-0.25, -0.2) is 0 Å². The van der Waals surface area contributed by atoms with Gasteiger partial charge >= 0.3 is 0 Å². The molecular formula is C15H21N3O. The van der Waals surface area contributed by atoms with E-state index in [0.717, 1.165) is 31.2 Å². The second-order valence-corrected chi connectivity index (χ2v) is 5.65. The van der Waals surface area contributed by atoms with Crippen LogP contribution in [0.15, 0.2) is 29.3 Å². The minimum atomic E-state index is 0.151. The normalized spacial score (nSPS) is 29.1. The molecule has 1 aromatic rings. The third-order valence-electron chi connectivity index (χ3n) is 4.32. The van der Waals surface area contributed by atoms with E-state index in [1.165, 1.54) is 5.56 Å². The van der Waals surface area contributed by atoms with E-state index in [0.29, 0.717) is 6.04 Å². The Morgan fingerprint density at radius 1 is 1.42 bits per heavy atom. The van der Waals surface area contributed by atoms with E-state index < -0.39 is 0 Å². The Bertz CT molecular complexity index is 514. The fourth-order valence-corrected chi connectivity index (χ4v) is 2.83. The number of guanidine groups is 1. The van der Waals surface area contributed by atoms with Crippen LogP contribution in [0, 0.1) is 0 Å². The fourth-order valence-electron chi connectivity index (χ4n) is 2.83. The van der Waals surface area contributed by atoms with Gasteiger partial charge in [-0.3, -0.25) is 4.99 Å². The first-order chi connectivity index (χ1) is 9.15. The van der Waals surface area contributed by atoms with Gasteiger partial charge in [0.15, 0.2) is 5.96 Å². The molecule has 0 saturated heterocycles. The Morgan fingerprint density at radius 2 is 2.21 bits per heavy atom. The predicted octanol–water partition coefficient (Wildman–Crippen LogP) is 1.62. The lowest BCUT2D eigenvalue weighted by molar-refractivity contribution is 0.404. The molecule has 0 spiro atoms. The summed E-state index contributed by atoms with van der Waals surface area (Å²) in [4.78, 5) is 6.68. The predicted molar refractivity (Wildman–Crippen MR) is 76.8 cm³/mol. The minimum absolute atomic E-state index is 0.151. The highest BCUT2D eigenvalue weighted by Gasteiger charge is 2.53. The Morgan fingerprint density at radius 3 is 2.89 bits per heavy atom. The zero-order chi connectivity index (χ0) is 13.5. The van der Waals surface area contributed by atoms with Crippen molar-refractivity contribution in [2.45, 2.75) is 24.8 Å². The van der Waals surface area contributed by atoms with E-state index in [9.17, 15) is 0 Å². The van der Waals surface area contributed by atoms with Crippen LogP contribution in [-0.2, 0) is 5.41 Å². The number of hydrogen-bond donors (Lipinski definition) is 1. The summed E-state index contributed by atoms with van der Waals surface area (Å²) in [5, 5.41) is 3.56. The molecule has 0 amide bonds. The van der Waals surface area contributed by atoms with Crippen molar-refractivity contribution in [1.29, 1.82) is 0 Å². The standard InChI is InChI=1S/C15H21N3O/c1-15(11-6-4-5-7-12(11)19-3)10-13(15)17-14-16-8-9-18(14)2/h4-7,13H,8-10H2,1-3H3,(H,16,17). The number of ether oxygens (including phenoxy) is 1. The molecule has 1 fully saturated rings. The van der Waals surface area contributed by atoms with E-state index >= 15 is 0 Å². The largest absolute Gasteiger partial charge is 0.496 e. The van der Waals surface area contributed by atoms with Crippen LogP contribution in [0.25, 0.3) is 0 Å². The molecule has 1 aliphatic heterocycles. The summed E-state index contributed by atoms with van der Waals surface area (Å²) in [6, 6.07) is 8.75. The molecule has 1 N–H and O–H groups in total. The number of nitrogens with zero attached hydrogens (tertiary/aromatic N) is 2. The fraction of sp³-hybridized carbons (Fsp3) is 0.533. The van der Waals surface area contributed by atoms with Gasteiger partial charge in [-0.2, -0.15) is 0 Å². The molecule has 1 heterocycles. The van der Waals surface area contributed by atoms with Crippen molar-refractivity contribution < 1.29 is 4.74 Å². The average Bonchev–Trinajstić information content (AvgIpc) is 2.90. The molecule has 102 valence electrons. The third kappa shape index (κ3) is 2.05. The molecule has 1 aromatic carbocycles. The lowest BCUT2D eigenvalue weighted by atomic mass is 9.96. The van der Waals surface area contributed by atoms with Crippen LogP contribution >= 0.6 is 0 Å². The molecule has 0 radical (unpaired) electrons. The van der Waals surface area contributed by atoms with E-state index in [1.807, 2.05) is 12.1 Å². The van der Waals surface area contributed by atoms with Gasteiger partial charge in [0.2, 0.25) is 0 Å². The van der Waals surface area contributed by atoms with E-state index in [4.69, 9.17) is 4.74 Å². The van der Waals surface area contributed by atoms with E-state index in [1.54, 1.807) is 7.11 Å². The summed E-state index contributed by atoms with van der Waals surface area (Å²) in [5.74, 6) is 2.01. The molecule has 4 heteroatoms. The summed E-state index contributed by atoms with van der Waals surface area (Å²) in [6.45, 7) is 4.20. The molecule has 3 rings (SSSR count). The molecule has 4 nitrogen and oxygen atoms in total. The number of aliphatic imine (C=N–C) groups is 1. The number of hydrogen-bond acceptors (Lipinski definition) is 4. The summed E-state index contributed by atoms with van der Waals surface area (Å²) < 4.78 is 5.48. The van der Waals surface area contributed by atoms with Crippen molar-refractivity contribution in [3.8, 4) is 5.75 Å². The molecule has 19 heavy (non-hydrogen) atoms. The molecule has 0 aromatic heterocycles. The van der Waals surface area contributed by atoms with Crippen LogP contribution in [0.1, 0.15) is 18.9 Å². The van der Waals surface area contributed by atoms with Gasteiger partial charge in [-0.1, -0.05) is 25.1 Å². The second kappa shape index (κ2) is 4.44. The number of benzene rings is 1. The maximum atomic E-state index is 5.48. The van der Waals surface area contributed by atoms with Crippen LogP contribution in [0.5, 0.6) is 5.75 Å². The van der Waals surface area contributed by atoms with Crippen molar-refractivity contribution in [3.05, 3.63) is 29.8 Å². The van der Waals surface area contributed by atoms with Crippen molar-refractivity contribution in [2.24, 2.45) is 4.99 Å². The molecule has 0 bridgehead atoms. The van der Waals surface area contributed by atoms with E-state index in [-0.39, 0.29) is 5.41 Å².